The van der Waals surface area contributed by atoms with Crippen molar-refractivity contribution in [1.82, 2.24) is 0 Å². The number of unbranched alkanes of at least 4 members (excludes halogenated alkanes) is 2. The molecule has 0 spiro atoms. The largest absolute Gasteiger partial charge is 0.507 e. The molecule has 3 heteroatoms. The van der Waals surface area contributed by atoms with Gasteiger partial charge in [0.1, 0.15) is 11.5 Å². The molecule has 0 aliphatic carbocycles. The second-order valence-corrected chi connectivity index (χ2v) is 8.32. The van der Waals surface area contributed by atoms with Crippen LogP contribution in [0.2, 0.25) is 0 Å². The molecule has 3 N–H and O–H groups in total. The van der Waals surface area contributed by atoms with Crippen molar-refractivity contribution in [3.8, 4) is 22.6 Å². The second-order valence-electron chi connectivity index (χ2n) is 8.32. The fraction of sp³-hybridized carbons (Fsp3) is 0.520. The molecule has 0 aromatic heterocycles. The predicted molar refractivity (Wildman–Crippen MR) is 117 cm³/mol. The maximum absolute atomic E-state index is 10.7. The van der Waals surface area contributed by atoms with Gasteiger partial charge in [-0.05, 0) is 54.5 Å². The summed E-state index contributed by atoms with van der Waals surface area (Å²) in [6.45, 7) is 8.44. The van der Waals surface area contributed by atoms with E-state index >= 15 is 0 Å². The van der Waals surface area contributed by atoms with E-state index in [2.05, 4.69) is 13.8 Å². The lowest BCUT2D eigenvalue weighted by atomic mass is 9.88. The van der Waals surface area contributed by atoms with Gasteiger partial charge >= 0.3 is 0 Å². The average Bonchev–Trinajstić information content (AvgIpc) is 2.65. The third-order valence-electron chi connectivity index (χ3n) is 5.67. The Labute approximate surface area is 170 Å². The molecule has 2 unspecified atom stereocenters. The first-order valence-corrected chi connectivity index (χ1v) is 10.6. The van der Waals surface area contributed by atoms with E-state index in [1.165, 1.54) is 25.7 Å². The standard InChI is InChI=1S/C25H36O3/c1-5-6-7-8-17(2)9-11-20-14-23(27)25(24(28)15-20)22-13-18(3)10-12-21(22)19(4)16-26/h10,12-15,17,19,26-28H,5-9,11,16H2,1-4H3. The number of hydrogen-bond donors (Lipinski definition) is 3. The topological polar surface area (TPSA) is 60.7 Å². The Kier molecular flexibility index (Phi) is 8.37. The molecule has 2 rings (SSSR count). The van der Waals surface area contributed by atoms with Gasteiger partial charge in [-0.25, -0.2) is 0 Å². The van der Waals surface area contributed by atoms with Crippen LogP contribution in [0.5, 0.6) is 11.5 Å². The van der Waals surface area contributed by atoms with E-state index in [4.69, 9.17) is 0 Å². The summed E-state index contributed by atoms with van der Waals surface area (Å²) in [7, 11) is 0. The van der Waals surface area contributed by atoms with Crippen molar-refractivity contribution in [1.29, 1.82) is 0 Å². The Balaban J connectivity index is 2.24. The second kappa shape index (κ2) is 10.5. The molecule has 0 fully saturated rings. The lowest BCUT2D eigenvalue weighted by molar-refractivity contribution is 0.273. The van der Waals surface area contributed by atoms with Gasteiger partial charge in [-0.1, -0.05) is 70.2 Å². The fourth-order valence-corrected chi connectivity index (χ4v) is 3.80. The maximum atomic E-state index is 10.7. The smallest absolute Gasteiger partial charge is 0.127 e. The van der Waals surface area contributed by atoms with E-state index in [0.29, 0.717) is 11.5 Å². The van der Waals surface area contributed by atoms with Crippen LogP contribution < -0.4 is 0 Å². The predicted octanol–water partition coefficient (Wildman–Crippen LogP) is 6.32. The van der Waals surface area contributed by atoms with Crippen LogP contribution in [0, 0.1) is 12.8 Å². The van der Waals surface area contributed by atoms with E-state index < -0.39 is 0 Å². The van der Waals surface area contributed by atoms with Crippen molar-refractivity contribution >= 4 is 0 Å². The van der Waals surface area contributed by atoms with Gasteiger partial charge in [0.05, 0.1) is 5.56 Å². The van der Waals surface area contributed by atoms with Crippen molar-refractivity contribution < 1.29 is 15.3 Å². The molecule has 2 aromatic rings. The molecule has 0 amide bonds. The number of aliphatic hydroxyl groups excluding tert-OH is 1. The summed E-state index contributed by atoms with van der Waals surface area (Å²) in [6.07, 6.45) is 6.93. The highest BCUT2D eigenvalue weighted by Crippen LogP contribution is 2.42. The van der Waals surface area contributed by atoms with Crippen LogP contribution in [0.1, 0.15) is 75.5 Å². The van der Waals surface area contributed by atoms with Gasteiger partial charge in [0, 0.05) is 12.5 Å². The van der Waals surface area contributed by atoms with Crippen LogP contribution in [-0.4, -0.2) is 21.9 Å². The number of rotatable bonds is 10. The number of phenols is 2. The number of aliphatic hydroxyl groups is 1. The summed E-state index contributed by atoms with van der Waals surface area (Å²) in [4.78, 5) is 0. The molecule has 0 heterocycles. The van der Waals surface area contributed by atoms with Gasteiger partial charge in [-0.15, -0.1) is 0 Å². The van der Waals surface area contributed by atoms with Crippen LogP contribution in [0.15, 0.2) is 30.3 Å². The summed E-state index contributed by atoms with van der Waals surface area (Å²) in [5, 5.41) is 31.0. The molecule has 0 aliphatic rings. The molecule has 0 saturated heterocycles. The first kappa shape index (κ1) is 22.3. The first-order chi connectivity index (χ1) is 13.4. The van der Waals surface area contributed by atoms with Gasteiger partial charge in [-0.3, -0.25) is 0 Å². The van der Waals surface area contributed by atoms with Crippen LogP contribution in [-0.2, 0) is 6.42 Å². The van der Waals surface area contributed by atoms with E-state index in [1.807, 2.05) is 32.0 Å². The molecule has 0 saturated carbocycles. The summed E-state index contributed by atoms with van der Waals surface area (Å²) in [5.74, 6) is 0.776. The van der Waals surface area contributed by atoms with Gasteiger partial charge in [0.2, 0.25) is 0 Å². The highest BCUT2D eigenvalue weighted by molar-refractivity contribution is 5.80. The van der Waals surface area contributed by atoms with Crippen LogP contribution in [0.25, 0.3) is 11.1 Å². The molecule has 2 atom stereocenters. The van der Waals surface area contributed by atoms with Crippen LogP contribution in [0.3, 0.4) is 0 Å². The van der Waals surface area contributed by atoms with Gasteiger partial charge in [0.25, 0.3) is 0 Å². The molecule has 3 nitrogen and oxygen atoms in total. The van der Waals surface area contributed by atoms with Crippen molar-refractivity contribution in [2.45, 2.75) is 72.1 Å². The SMILES string of the molecule is CCCCCC(C)CCc1cc(O)c(-c2cc(C)ccc2C(C)CO)c(O)c1. The summed E-state index contributed by atoms with van der Waals surface area (Å²) in [5.41, 5.74) is 4.18. The van der Waals surface area contributed by atoms with Gasteiger partial charge in [0.15, 0.2) is 0 Å². The zero-order valence-corrected chi connectivity index (χ0v) is 17.8. The minimum Gasteiger partial charge on any atom is -0.507 e. The molecule has 0 aliphatic heterocycles. The van der Waals surface area contributed by atoms with Crippen molar-refractivity contribution in [2.75, 3.05) is 6.61 Å². The number of benzene rings is 2. The molecular formula is C25H36O3. The van der Waals surface area contributed by atoms with E-state index in [0.717, 1.165) is 35.1 Å². The van der Waals surface area contributed by atoms with E-state index in [9.17, 15) is 15.3 Å². The molecule has 2 aromatic carbocycles. The van der Waals surface area contributed by atoms with E-state index in [-0.39, 0.29) is 24.0 Å². The van der Waals surface area contributed by atoms with Crippen molar-refractivity contribution in [3.63, 3.8) is 0 Å². The molecule has 28 heavy (non-hydrogen) atoms. The Morgan fingerprint density at radius 3 is 2.21 bits per heavy atom. The molecule has 0 bridgehead atoms. The Morgan fingerprint density at radius 2 is 1.61 bits per heavy atom. The lowest BCUT2D eigenvalue weighted by Crippen LogP contribution is -2.02. The highest BCUT2D eigenvalue weighted by atomic mass is 16.3. The van der Waals surface area contributed by atoms with Crippen LogP contribution >= 0.6 is 0 Å². The Hall–Kier alpha value is -2.00. The minimum atomic E-state index is -0.0713. The van der Waals surface area contributed by atoms with Crippen LogP contribution in [0.4, 0.5) is 0 Å². The quantitative estimate of drug-likeness (QED) is 0.420. The summed E-state index contributed by atoms with van der Waals surface area (Å²) in [6, 6.07) is 9.49. The summed E-state index contributed by atoms with van der Waals surface area (Å²) < 4.78 is 0. The Morgan fingerprint density at radius 1 is 0.929 bits per heavy atom. The highest BCUT2D eigenvalue weighted by Gasteiger charge is 2.19. The normalized spacial score (nSPS) is 13.5. The monoisotopic (exact) mass is 384 g/mol. The number of hydrogen-bond acceptors (Lipinski definition) is 3. The molecule has 0 radical (unpaired) electrons. The zero-order valence-electron chi connectivity index (χ0n) is 17.8. The number of aryl methyl sites for hydroxylation is 2. The minimum absolute atomic E-state index is 0.0194. The maximum Gasteiger partial charge on any atom is 0.127 e. The Bertz CT molecular complexity index is 743. The zero-order chi connectivity index (χ0) is 20.7. The molecule has 154 valence electrons. The third-order valence-corrected chi connectivity index (χ3v) is 5.67. The molecular weight excluding hydrogens is 348 g/mol. The fourth-order valence-electron chi connectivity index (χ4n) is 3.80. The van der Waals surface area contributed by atoms with Gasteiger partial charge in [-0.2, -0.15) is 0 Å². The third kappa shape index (κ3) is 5.75. The lowest BCUT2D eigenvalue weighted by Gasteiger charge is -2.18. The number of phenolic OH excluding ortho intramolecular Hbond substituents is 2. The first-order valence-electron chi connectivity index (χ1n) is 10.6. The van der Waals surface area contributed by atoms with Gasteiger partial charge < -0.3 is 15.3 Å². The summed E-state index contributed by atoms with van der Waals surface area (Å²) >= 11 is 0. The van der Waals surface area contributed by atoms with E-state index in [1.54, 1.807) is 12.1 Å². The van der Waals surface area contributed by atoms with Crippen molar-refractivity contribution in [2.24, 2.45) is 5.92 Å². The average molecular weight is 385 g/mol. The number of aromatic hydroxyl groups is 2. The van der Waals surface area contributed by atoms with Crippen molar-refractivity contribution in [3.05, 3.63) is 47.0 Å².